The van der Waals surface area contributed by atoms with Gasteiger partial charge in [-0.25, -0.2) is 9.78 Å². The lowest BCUT2D eigenvalue weighted by atomic mass is 10.0. The summed E-state index contributed by atoms with van der Waals surface area (Å²) < 4.78 is 19.8. The first kappa shape index (κ1) is 26.8. The first-order valence-electron chi connectivity index (χ1n) is 12.9. The zero-order chi connectivity index (χ0) is 28.1. The van der Waals surface area contributed by atoms with Gasteiger partial charge in [0.1, 0.15) is 24.5 Å². The van der Waals surface area contributed by atoms with E-state index in [2.05, 4.69) is 25.9 Å². The van der Waals surface area contributed by atoms with E-state index in [1.807, 2.05) is 41.3 Å². The van der Waals surface area contributed by atoms with Crippen LogP contribution in [0.15, 0.2) is 83.4 Å². The molecule has 0 unspecified atom stereocenters. The summed E-state index contributed by atoms with van der Waals surface area (Å²) in [7, 11) is 1.61. The number of allylic oxidation sites excluding steroid dienone is 3. The van der Waals surface area contributed by atoms with E-state index in [4.69, 9.17) is 14.3 Å². The van der Waals surface area contributed by atoms with E-state index < -0.39 is 5.97 Å². The number of carbonyl (C=O) groups excluding carboxylic acids is 2. The van der Waals surface area contributed by atoms with Gasteiger partial charge in [-0.1, -0.05) is 18.2 Å². The Morgan fingerprint density at radius 2 is 2.00 bits per heavy atom. The number of nitrogens with zero attached hydrogens (tertiary/aromatic N) is 2. The number of hydrogen-bond acceptors (Lipinski definition) is 8. The molecule has 2 fully saturated rings. The third kappa shape index (κ3) is 5.93. The molecule has 11 heteroatoms. The molecule has 0 radical (unpaired) electrons. The van der Waals surface area contributed by atoms with Crippen LogP contribution in [0.5, 0.6) is 5.75 Å². The molecule has 6 rings (SSSR count). The van der Waals surface area contributed by atoms with E-state index >= 15 is 0 Å². The highest BCUT2D eigenvalue weighted by atomic mass is 16.5. The maximum atomic E-state index is 13.5. The monoisotopic (exact) mass is 547 g/mol. The Bertz CT molecular complexity index is 1390. The number of aromatic nitrogens is 1. The van der Waals surface area contributed by atoms with Crippen molar-refractivity contribution in [1.82, 2.24) is 15.2 Å². The second kappa shape index (κ2) is 11.9. The van der Waals surface area contributed by atoms with Gasteiger partial charge < -0.3 is 34.0 Å². The predicted octanol–water partition coefficient (Wildman–Crippen LogP) is 3.78. The van der Waals surface area contributed by atoms with Crippen molar-refractivity contribution in [3.63, 3.8) is 0 Å². The second-order valence-electron chi connectivity index (χ2n) is 9.61. The van der Waals surface area contributed by atoms with Gasteiger partial charge in [0.25, 0.3) is 5.91 Å². The van der Waals surface area contributed by atoms with Crippen LogP contribution in [-0.4, -0.2) is 58.5 Å². The van der Waals surface area contributed by atoms with Crippen molar-refractivity contribution in [3.05, 3.63) is 84.7 Å². The molecule has 2 N–H and O–H groups in total. The number of piperidine rings is 1. The van der Waals surface area contributed by atoms with Crippen molar-refractivity contribution >= 4 is 17.8 Å². The number of fused-ring (bicyclic) bond motifs is 1. The molecule has 0 spiro atoms. The van der Waals surface area contributed by atoms with Crippen molar-refractivity contribution in [1.29, 1.82) is 0 Å². The maximum absolute atomic E-state index is 13.5. The largest absolute Gasteiger partial charge is 0.497 e. The van der Waals surface area contributed by atoms with Crippen molar-refractivity contribution in [2.45, 2.75) is 37.8 Å². The third-order valence-electron chi connectivity index (χ3n) is 7.09. The number of ether oxygens (including phenoxy) is 3. The van der Waals surface area contributed by atoms with Crippen LogP contribution >= 0.6 is 0 Å². The molecule has 4 aliphatic rings. The Hall–Kier alpha value is -4.80. The molecule has 208 valence electrons. The summed E-state index contributed by atoms with van der Waals surface area (Å²) in [6, 6.07) is 7.55. The Morgan fingerprint density at radius 3 is 2.65 bits per heavy atom. The molecule has 11 nitrogen and oxygen atoms in total. The van der Waals surface area contributed by atoms with E-state index in [-0.39, 0.29) is 29.7 Å². The van der Waals surface area contributed by atoms with Gasteiger partial charge in [-0.15, -0.1) is 0 Å². The molecular weight excluding hydrogens is 518 g/mol. The van der Waals surface area contributed by atoms with Gasteiger partial charge in [0.05, 0.1) is 13.2 Å². The van der Waals surface area contributed by atoms with Gasteiger partial charge in [-0.2, -0.15) is 0 Å². The molecule has 2 aliphatic heterocycles. The molecule has 1 saturated carbocycles. The highest BCUT2D eigenvalue weighted by molar-refractivity contribution is 5.98. The summed E-state index contributed by atoms with van der Waals surface area (Å²) in [5, 5.41) is 11.3. The van der Waals surface area contributed by atoms with Gasteiger partial charge in [-0.05, 0) is 55.9 Å². The quantitative estimate of drug-likeness (QED) is 0.530. The zero-order valence-electron chi connectivity index (χ0n) is 21.8. The molecule has 2 aliphatic carbocycles. The number of carboxylic acids is 1. The maximum Gasteiger partial charge on any atom is 0.375 e. The molecule has 1 aromatic heterocycles. The lowest BCUT2D eigenvalue weighted by Gasteiger charge is -2.27. The Morgan fingerprint density at radius 1 is 1.18 bits per heavy atom. The number of carboxylic acid groups (broad SMARTS) is 1. The summed E-state index contributed by atoms with van der Waals surface area (Å²) in [6.07, 6.45) is 14.1. The number of likely N-dealkylation sites (tertiary alicyclic amines) is 1. The summed E-state index contributed by atoms with van der Waals surface area (Å²) in [6.45, 7) is 0.453. The third-order valence-corrected chi connectivity index (χ3v) is 7.09. The Labute approximate surface area is 230 Å². The molecule has 3 heterocycles. The van der Waals surface area contributed by atoms with Crippen LogP contribution in [0.4, 0.5) is 0 Å². The summed E-state index contributed by atoms with van der Waals surface area (Å²) in [5.41, 5.74) is 1.88. The van der Waals surface area contributed by atoms with Crippen molar-refractivity contribution in [3.8, 4) is 17.1 Å². The van der Waals surface area contributed by atoms with Gasteiger partial charge in [-0.3, -0.25) is 9.59 Å². The number of rotatable bonds is 7. The van der Waals surface area contributed by atoms with E-state index in [9.17, 15) is 14.4 Å². The molecule has 0 bridgehead atoms. The number of nitrogens with one attached hydrogen (secondary N) is 1. The normalized spacial score (nSPS) is 21.9. The summed E-state index contributed by atoms with van der Waals surface area (Å²) in [4.78, 5) is 42.2. The minimum Gasteiger partial charge on any atom is -0.497 e. The van der Waals surface area contributed by atoms with Gasteiger partial charge in [0, 0.05) is 23.7 Å². The predicted molar refractivity (Wildman–Crippen MR) is 141 cm³/mol. The SMILES string of the molecule is COc1ccc(-c2ocnc2C(=O)N2[C@H](CNC(=O)C3=CC=CCC3)C[C@@H]3C[C@@H]32)cc1.O=C(O)C1=COC=CO1. The fourth-order valence-corrected chi connectivity index (χ4v) is 5.00. The van der Waals surface area contributed by atoms with Crippen LogP contribution in [0.3, 0.4) is 0 Å². The first-order valence-corrected chi connectivity index (χ1v) is 12.9. The fourth-order valence-electron chi connectivity index (χ4n) is 5.00. The molecule has 1 aromatic carbocycles. The summed E-state index contributed by atoms with van der Waals surface area (Å²) in [5.74, 6) is 0.173. The topological polar surface area (TPSA) is 140 Å². The smallest absolute Gasteiger partial charge is 0.375 e. The number of benzene rings is 1. The average Bonchev–Trinajstić information content (AvgIpc) is 3.40. The standard InChI is InChI=1S/C24H25N3O4.C5H4O4/c1-30-19-9-7-15(8-10-19)22-21(26-14-31-22)24(29)27-18(11-17-12-20(17)27)13-25-23(28)16-5-3-2-4-6-16;6-5(7)4-3-8-1-2-9-4/h2-3,5,7-10,14,17-18,20H,4,6,11-13H2,1H3,(H,25,28);1-3H,(H,6,7)/t17-,18+,20+;/m1./s1. The van der Waals surface area contributed by atoms with Crippen molar-refractivity contribution in [2.24, 2.45) is 5.92 Å². The Balaban J connectivity index is 0.000000306. The number of aliphatic carboxylic acids is 1. The number of amides is 2. The minimum atomic E-state index is -1.14. The lowest BCUT2D eigenvalue weighted by Crippen LogP contribution is -2.45. The first-order chi connectivity index (χ1) is 19.5. The number of carbonyl (C=O) groups is 3. The zero-order valence-corrected chi connectivity index (χ0v) is 21.8. The van der Waals surface area contributed by atoms with Gasteiger partial charge in [0.15, 0.2) is 17.8 Å². The van der Waals surface area contributed by atoms with Crippen molar-refractivity contribution in [2.75, 3.05) is 13.7 Å². The van der Waals surface area contributed by atoms with E-state index in [0.29, 0.717) is 23.9 Å². The van der Waals surface area contributed by atoms with Crippen LogP contribution < -0.4 is 10.1 Å². The highest BCUT2D eigenvalue weighted by Crippen LogP contribution is 2.48. The molecular formula is C29H29N3O8. The van der Waals surface area contributed by atoms with Crippen LogP contribution in [0.1, 0.15) is 36.2 Å². The van der Waals surface area contributed by atoms with Crippen LogP contribution in [0.2, 0.25) is 0 Å². The van der Waals surface area contributed by atoms with E-state index in [1.165, 1.54) is 12.7 Å². The molecule has 3 atom stereocenters. The number of hydrogen-bond donors (Lipinski definition) is 2. The van der Waals surface area contributed by atoms with E-state index in [0.717, 1.165) is 55.1 Å². The molecule has 1 saturated heterocycles. The van der Waals surface area contributed by atoms with Crippen LogP contribution in [0.25, 0.3) is 11.3 Å². The van der Waals surface area contributed by atoms with Crippen molar-refractivity contribution < 1.29 is 38.1 Å². The number of methoxy groups -OCH3 is 1. The average molecular weight is 548 g/mol. The molecule has 40 heavy (non-hydrogen) atoms. The number of oxazole rings is 1. The van der Waals surface area contributed by atoms with Crippen LogP contribution in [-0.2, 0) is 19.1 Å². The second-order valence-corrected chi connectivity index (χ2v) is 9.61. The minimum absolute atomic E-state index is 0.0275. The van der Waals surface area contributed by atoms with Gasteiger partial charge >= 0.3 is 5.97 Å². The lowest BCUT2D eigenvalue weighted by molar-refractivity contribution is -0.136. The Kier molecular flexibility index (Phi) is 7.99. The molecule has 2 amide bonds. The molecule has 2 aromatic rings. The fraction of sp³-hybridized carbons (Fsp3) is 0.310. The highest BCUT2D eigenvalue weighted by Gasteiger charge is 2.54. The summed E-state index contributed by atoms with van der Waals surface area (Å²) >= 11 is 0. The van der Waals surface area contributed by atoms with E-state index in [1.54, 1.807) is 7.11 Å². The van der Waals surface area contributed by atoms with Crippen LogP contribution in [0, 0.1) is 5.92 Å². The van der Waals surface area contributed by atoms with Gasteiger partial charge in [0.2, 0.25) is 11.7 Å².